The van der Waals surface area contributed by atoms with Gasteiger partial charge in [-0.3, -0.25) is 0 Å². The van der Waals surface area contributed by atoms with Crippen LogP contribution in [0.2, 0.25) is 0 Å². The summed E-state index contributed by atoms with van der Waals surface area (Å²) in [5.41, 5.74) is 1.08. The second-order valence-corrected chi connectivity index (χ2v) is 4.60. The minimum atomic E-state index is 0.259. The maximum atomic E-state index is 9.74. The molecule has 2 heterocycles. The van der Waals surface area contributed by atoms with Crippen LogP contribution in [0.1, 0.15) is 24.3 Å². The third-order valence-corrected chi connectivity index (χ3v) is 3.39. The summed E-state index contributed by atoms with van der Waals surface area (Å²) in [6, 6.07) is 3.44. The zero-order valence-electron chi connectivity index (χ0n) is 9.74. The number of benzene rings is 1. The van der Waals surface area contributed by atoms with Crippen molar-refractivity contribution in [2.45, 2.75) is 18.8 Å². The number of nitrogens with one attached hydrogen (secondary N) is 1. The van der Waals surface area contributed by atoms with E-state index in [4.69, 9.17) is 9.47 Å². The maximum absolute atomic E-state index is 9.74. The summed E-state index contributed by atoms with van der Waals surface area (Å²) >= 11 is 0. The van der Waals surface area contributed by atoms with Gasteiger partial charge >= 0.3 is 0 Å². The van der Waals surface area contributed by atoms with E-state index in [1.807, 2.05) is 6.07 Å². The van der Waals surface area contributed by atoms with Crippen LogP contribution in [-0.4, -0.2) is 31.4 Å². The van der Waals surface area contributed by atoms with Crippen LogP contribution in [0.25, 0.3) is 0 Å². The normalized spacial score (nSPS) is 23.4. The van der Waals surface area contributed by atoms with E-state index in [2.05, 4.69) is 5.32 Å². The van der Waals surface area contributed by atoms with Gasteiger partial charge in [0.05, 0.1) is 0 Å². The Morgan fingerprint density at radius 2 is 2.12 bits per heavy atom. The Labute approximate surface area is 101 Å². The number of fused-ring (bicyclic) bond motifs is 1. The fourth-order valence-corrected chi connectivity index (χ4v) is 2.59. The van der Waals surface area contributed by atoms with E-state index >= 15 is 0 Å². The molecule has 1 saturated heterocycles. The number of hydrogen-bond acceptors (Lipinski definition) is 4. The number of aromatic hydroxyl groups is 1. The highest BCUT2D eigenvalue weighted by Crippen LogP contribution is 2.42. The van der Waals surface area contributed by atoms with Crippen molar-refractivity contribution in [1.29, 1.82) is 0 Å². The Bertz CT molecular complexity index is 413. The number of phenols is 1. The molecule has 1 fully saturated rings. The molecule has 2 aliphatic heterocycles. The Morgan fingerprint density at radius 1 is 1.24 bits per heavy atom. The molecular weight excluding hydrogens is 218 g/mol. The molecule has 0 amide bonds. The Morgan fingerprint density at radius 3 is 2.94 bits per heavy atom. The molecule has 3 rings (SSSR count). The van der Waals surface area contributed by atoms with Crippen molar-refractivity contribution in [3.63, 3.8) is 0 Å². The molecule has 2 aliphatic rings. The van der Waals surface area contributed by atoms with Gasteiger partial charge in [-0.25, -0.2) is 0 Å². The monoisotopic (exact) mass is 235 g/mol. The molecular formula is C13H17NO3. The molecule has 1 aromatic rings. The molecule has 1 atom stereocenters. The van der Waals surface area contributed by atoms with Crippen LogP contribution in [0.3, 0.4) is 0 Å². The first-order valence-corrected chi connectivity index (χ1v) is 6.18. The lowest BCUT2D eigenvalue weighted by atomic mass is 9.90. The minimum Gasteiger partial charge on any atom is -0.508 e. The zero-order valence-corrected chi connectivity index (χ0v) is 9.74. The van der Waals surface area contributed by atoms with Crippen molar-refractivity contribution in [3.05, 3.63) is 17.7 Å². The molecule has 0 bridgehead atoms. The number of rotatable bonds is 1. The van der Waals surface area contributed by atoms with Crippen molar-refractivity contribution < 1.29 is 14.6 Å². The molecule has 1 aromatic carbocycles. The summed E-state index contributed by atoms with van der Waals surface area (Å²) in [7, 11) is 0. The molecule has 4 heteroatoms. The highest BCUT2D eigenvalue weighted by Gasteiger charge is 2.24. The second kappa shape index (κ2) is 4.45. The van der Waals surface area contributed by atoms with E-state index in [0.717, 1.165) is 37.2 Å². The quantitative estimate of drug-likeness (QED) is 0.776. The fourth-order valence-electron chi connectivity index (χ4n) is 2.59. The topological polar surface area (TPSA) is 50.7 Å². The SMILES string of the molecule is Oc1cc2c(c(C3CCCNC3)c1)OCCO2. The molecule has 0 saturated carbocycles. The molecule has 0 spiro atoms. The van der Waals surface area contributed by atoms with Gasteiger partial charge in [0, 0.05) is 24.1 Å². The van der Waals surface area contributed by atoms with Gasteiger partial charge in [-0.1, -0.05) is 0 Å². The van der Waals surface area contributed by atoms with Crippen LogP contribution >= 0.6 is 0 Å². The number of piperidine rings is 1. The Hall–Kier alpha value is -1.42. The second-order valence-electron chi connectivity index (χ2n) is 4.60. The average Bonchev–Trinajstić information content (AvgIpc) is 2.39. The molecule has 1 unspecified atom stereocenters. The van der Waals surface area contributed by atoms with Crippen LogP contribution in [0.5, 0.6) is 17.2 Å². The third kappa shape index (κ3) is 2.05. The number of hydrogen-bond donors (Lipinski definition) is 2. The Balaban J connectivity index is 1.98. The predicted octanol–water partition coefficient (Wildman–Crippen LogP) is 1.63. The van der Waals surface area contributed by atoms with Crippen molar-refractivity contribution in [3.8, 4) is 17.2 Å². The van der Waals surface area contributed by atoms with E-state index in [1.54, 1.807) is 6.07 Å². The summed E-state index contributed by atoms with van der Waals surface area (Å²) in [4.78, 5) is 0. The third-order valence-electron chi connectivity index (χ3n) is 3.39. The highest BCUT2D eigenvalue weighted by atomic mass is 16.6. The average molecular weight is 235 g/mol. The first kappa shape index (κ1) is 10.7. The van der Waals surface area contributed by atoms with Gasteiger partial charge in [0.15, 0.2) is 11.5 Å². The van der Waals surface area contributed by atoms with E-state index in [9.17, 15) is 5.11 Å². The fraction of sp³-hybridized carbons (Fsp3) is 0.538. The number of phenolic OH excluding ortho intramolecular Hbond substituents is 1. The van der Waals surface area contributed by atoms with E-state index in [1.165, 1.54) is 0 Å². The highest BCUT2D eigenvalue weighted by molar-refractivity contribution is 5.53. The molecule has 17 heavy (non-hydrogen) atoms. The molecule has 92 valence electrons. The smallest absolute Gasteiger partial charge is 0.165 e. The van der Waals surface area contributed by atoms with Crippen molar-refractivity contribution in [2.24, 2.45) is 0 Å². The van der Waals surface area contributed by atoms with Crippen LogP contribution in [0.4, 0.5) is 0 Å². The lowest BCUT2D eigenvalue weighted by Crippen LogP contribution is -2.29. The van der Waals surface area contributed by atoms with E-state index in [-0.39, 0.29) is 5.75 Å². The summed E-state index contributed by atoms with van der Waals surface area (Å²) in [6.07, 6.45) is 2.29. The lowest BCUT2D eigenvalue weighted by molar-refractivity contribution is 0.168. The summed E-state index contributed by atoms with van der Waals surface area (Å²) in [5, 5.41) is 13.1. The Kier molecular flexibility index (Phi) is 2.81. The molecule has 0 aromatic heterocycles. The predicted molar refractivity (Wildman–Crippen MR) is 63.9 cm³/mol. The van der Waals surface area contributed by atoms with Gasteiger partial charge in [0.2, 0.25) is 0 Å². The summed E-state index contributed by atoms with van der Waals surface area (Å²) < 4.78 is 11.2. The largest absolute Gasteiger partial charge is 0.508 e. The molecule has 0 aliphatic carbocycles. The van der Waals surface area contributed by atoms with Crippen molar-refractivity contribution in [2.75, 3.05) is 26.3 Å². The molecule has 2 N–H and O–H groups in total. The van der Waals surface area contributed by atoms with Crippen molar-refractivity contribution in [1.82, 2.24) is 5.32 Å². The number of ether oxygens (including phenoxy) is 2. The van der Waals surface area contributed by atoms with Gasteiger partial charge in [0.25, 0.3) is 0 Å². The standard InChI is InChI=1S/C13H17NO3/c15-10-6-11(9-2-1-3-14-8-9)13-12(7-10)16-4-5-17-13/h6-7,9,14-15H,1-5,8H2. The minimum absolute atomic E-state index is 0.259. The summed E-state index contributed by atoms with van der Waals surface area (Å²) in [5.74, 6) is 2.17. The van der Waals surface area contributed by atoms with Crippen LogP contribution in [0, 0.1) is 0 Å². The van der Waals surface area contributed by atoms with Gasteiger partial charge in [0.1, 0.15) is 19.0 Å². The first-order chi connectivity index (χ1) is 8.34. The molecule has 0 radical (unpaired) electrons. The van der Waals surface area contributed by atoms with Gasteiger partial charge in [-0.15, -0.1) is 0 Å². The molecule has 4 nitrogen and oxygen atoms in total. The van der Waals surface area contributed by atoms with Gasteiger partial charge in [-0.05, 0) is 25.5 Å². The van der Waals surface area contributed by atoms with Crippen molar-refractivity contribution >= 4 is 0 Å². The maximum Gasteiger partial charge on any atom is 0.165 e. The van der Waals surface area contributed by atoms with Gasteiger partial charge in [-0.2, -0.15) is 0 Å². The van der Waals surface area contributed by atoms with E-state index in [0.29, 0.717) is 24.9 Å². The lowest BCUT2D eigenvalue weighted by Gasteiger charge is -2.28. The zero-order chi connectivity index (χ0) is 11.7. The summed E-state index contributed by atoms with van der Waals surface area (Å²) in [6.45, 7) is 3.16. The van der Waals surface area contributed by atoms with Crippen LogP contribution in [-0.2, 0) is 0 Å². The van der Waals surface area contributed by atoms with Gasteiger partial charge < -0.3 is 19.9 Å². The van der Waals surface area contributed by atoms with Crippen LogP contribution < -0.4 is 14.8 Å². The van der Waals surface area contributed by atoms with Crippen LogP contribution in [0.15, 0.2) is 12.1 Å². The van der Waals surface area contributed by atoms with E-state index < -0.39 is 0 Å². The first-order valence-electron chi connectivity index (χ1n) is 6.18.